The Balaban J connectivity index is 1.73. The van der Waals surface area contributed by atoms with E-state index >= 15 is 0 Å². The summed E-state index contributed by atoms with van der Waals surface area (Å²) in [5.41, 5.74) is -0.426. The highest BCUT2D eigenvalue weighted by molar-refractivity contribution is 5.79. The van der Waals surface area contributed by atoms with Gasteiger partial charge in [-0.25, -0.2) is 0 Å². The quantitative estimate of drug-likeness (QED) is 0.772. The molecule has 1 aliphatic rings. The number of rotatable bonds is 6. The fourth-order valence-corrected chi connectivity index (χ4v) is 3.21. The van der Waals surface area contributed by atoms with E-state index in [9.17, 15) is 18.0 Å². The van der Waals surface area contributed by atoms with Crippen LogP contribution in [-0.4, -0.2) is 53.9 Å². The summed E-state index contributed by atoms with van der Waals surface area (Å²) in [6.45, 7) is 2.12. The van der Waals surface area contributed by atoms with E-state index in [2.05, 4.69) is 15.5 Å². The normalized spacial score (nSPS) is 18.1. The van der Waals surface area contributed by atoms with E-state index in [1.54, 1.807) is 7.11 Å². The number of hydrogen-bond acceptors (Lipinski definition) is 5. The smallest absolute Gasteiger partial charge is 0.385 e. The molecular weight excluding hydrogens is 363 g/mol. The molecule has 0 aliphatic carbocycles. The lowest BCUT2D eigenvalue weighted by atomic mass is 9.97. The van der Waals surface area contributed by atoms with Gasteiger partial charge in [0.15, 0.2) is 5.65 Å². The number of nitrogens with zero attached hydrogens (tertiary/aromatic N) is 4. The molecule has 1 aliphatic heterocycles. The van der Waals surface area contributed by atoms with Gasteiger partial charge >= 0.3 is 6.18 Å². The number of pyridine rings is 1. The molecule has 3 rings (SSSR count). The minimum absolute atomic E-state index is 0.0550. The lowest BCUT2D eigenvalue weighted by Crippen LogP contribution is -2.44. The number of alkyl halides is 3. The van der Waals surface area contributed by atoms with Crippen LogP contribution in [0.25, 0.3) is 5.65 Å². The Morgan fingerprint density at radius 1 is 1.37 bits per heavy atom. The molecule has 10 heteroatoms. The predicted molar refractivity (Wildman–Crippen MR) is 92.4 cm³/mol. The standard InChI is InChI=1S/C17H22F3N5O2/c1-27-9-3-7-21-15(26)12-4-2-8-24(10-12)16-23-22-14-6-5-13(11-25(14)16)17(18,19)20/h5-6,11-12H,2-4,7-10H2,1H3,(H,21,26)/t12-/m1/s1. The van der Waals surface area contributed by atoms with E-state index in [0.29, 0.717) is 37.8 Å². The van der Waals surface area contributed by atoms with E-state index in [-0.39, 0.29) is 11.8 Å². The van der Waals surface area contributed by atoms with Crippen molar-refractivity contribution in [3.05, 3.63) is 23.9 Å². The number of carbonyl (C=O) groups excluding carboxylic acids is 1. The first-order valence-electron chi connectivity index (χ1n) is 8.83. The highest BCUT2D eigenvalue weighted by atomic mass is 19.4. The zero-order valence-electron chi connectivity index (χ0n) is 15.0. The largest absolute Gasteiger partial charge is 0.417 e. The van der Waals surface area contributed by atoms with Crippen molar-refractivity contribution in [3.63, 3.8) is 0 Å². The number of carbonyl (C=O) groups is 1. The monoisotopic (exact) mass is 385 g/mol. The molecule has 0 bridgehead atoms. The van der Waals surface area contributed by atoms with Gasteiger partial charge in [0, 0.05) is 39.5 Å². The van der Waals surface area contributed by atoms with Gasteiger partial charge in [0.25, 0.3) is 0 Å². The topological polar surface area (TPSA) is 71.8 Å². The lowest BCUT2D eigenvalue weighted by molar-refractivity contribution is -0.137. The van der Waals surface area contributed by atoms with Crippen molar-refractivity contribution in [3.8, 4) is 0 Å². The highest BCUT2D eigenvalue weighted by Crippen LogP contribution is 2.30. The second-order valence-electron chi connectivity index (χ2n) is 6.57. The molecular formula is C17H22F3N5O2. The van der Waals surface area contributed by atoms with Gasteiger partial charge < -0.3 is 15.0 Å². The highest BCUT2D eigenvalue weighted by Gasteiger charge is 2.32. The first-order chi connectivity index (χ1) is 12.9. The SMILES string of the molecule is COCCCNC(=O)[C@@H]1CCCN(c2nnc3ccc(C(F)(F)F)cn23)C1. The van der Waals surface area contributed by atoms with E-state index in [0.717, 1.165) is 31.5 Å². The third kappa shape index (κ3) is 4.49. The molecule has 27 heavy (non-hydrogen) atoms. The number of ether oxygens (including phenoxy) is 1. The molecule has 7 nitrogen and oxygen atoms in total. The van der Waals surface area contributed by atoms with E-state index in [1.807, 2.05) is 4.90 Å². The fraction of sp³-hybridized carbons (Fsp3) is 0.588. The Morgan fingerprint density at radius 3 is 2.93 bits per heavy atom. The molecule has 2 aromatic heterocycles. The van der Waals surface area contributed by atoms with Gasteiger partial charge in [-0.1, -0.05) is 0 Å². The van der Waals surface area contributed by atoms with Crippen molar-refractivity contribution < 1.29 is 22.7 Å². The second kappa shape index (κ2) is 8.12. The Morgan fingerprint density at radius 2 is 2.19 bits per heavy atom. The van der Waals surface area contributed by atoms with Gasteiger partial charge in [0.1, 0.15) is 0 Å². The summed E-state index contributed by atoms with van der Waals surface area (Å²) < 4.78 is 45.3. The number of piperidine rings is 1. The summed E-state index contributed by atoms with van der Waals surface area (Å²) in [6, 6.07) is 2.28. The molecule has 0 radical (unpaired) electrons. The number of amides is 1. The van der Waals surface area contributed by atoms with Gasteiger partial charge in [-0.2, -0.15) is 13.2 Å². The third-order valence-electron chi connectivity index (χ3n) is 4.61. The Kier molecular flexibility index (Phi) is 5.83. The van der Waals surface area contributed by atoms with Crippen LogP contribution in [0.4, 0.5) is 19.1 Å². The predicted octanol–water partition coefficient (Wildman–Crippen LogP) is 2.12. The Labute approximate surface area is 154 Å². The van der Waals surface area contributed by atoms with Gasteiger partial charge in [0.05, 0.1) is 11.5 Å². The van der Waals surface area contributed by atoms with Crippen LogP contribution in [0.3, 0.4) is 0 Å². The van der Waals surface area contributed by atoms with Crippen LogP contribution in [0.2, 0.25) is 0 Å². The van der Waals surface area contributed by atoms with Crippen LogP contribution < -0.4 is 10.2 Å². The molecule has 0 spiro atoms. The van der Waals surface area contributed by atoms with Gasteiger partial charge in [-0.15, -0.1) is 10.2 Å². The molecule has 1 fully saturated rings. The third-order valence-corrected chi connectivity index (χ3v) is 4.61. The molecule has 148 valence electrons. The zero-order chi connectivity index (χ0) is 19.4. The average Bonchev–Trinajstić information content (AvgIpc) is 3.08. The van der Waals surface area contributed by atoms with Crippen LogP contribution in [0.15, 0.2) is 18.3 Å². The summed E-state index contributed by atoms with van der Waals surface area (Å²) in [6.07, 6.45) is -1.23. The molecule has 1 N–H and O–H groups in total. The van der Waals surface area contributed by atoms with Crippen LogP contribution >= 0.6 is 0 Å². The van der Waals surface area contributed by atoms with Crippen LogP contribution in [0, 0.1) is 5.92 Å². The number of nitrogens with one attached hydrogen (secondary N) is 1. The number of methoxy groups -OCH3 is 1. The number of aromatic nitrogens is 3. The van der Waals surface area contributed by atoms with Crippen molar-refractivity contribution >= 4 is 17.5 Å². The zero-order valence-corrected chi connectivity index (χ0v) is 15.0. The molecule has 3 heterocycles. The van der Waals surface area contributed by atoms with Crippen molar-refractivity contribution in [1.82, 2.24) is 19.9 Å². The molecule has 1 amide bonds. The average molecular weight is 385 g/mol. The first kappa shape index (κ1) is 19.4. The molecule has 0 aromatic carbocycles. The minimum Gasteiger partial charge on any atom is -0.385 e. The number of anilines is 1. The lowest BCUT2D eigenvalue weighted by Gasteiger charge is -2.32. The maximum atomic E-state index is 13.0. The van der Waals surface area contributed by atoms with E-state index < -0.39 is 11.7 Å². The Hall–Kier alpha value is -2.36. The maximum absolute atomic E-state index is 13.0. The molecule has 1 saturated heterocycles. The minimum atomic E-state index is -4.44. The van der Waals surface area contributed by atoms with Gasteiger partial charge in [-0.05, 0) is 31.4 Å². The molecule has 0 unspecified atom stereocenters. The van der Waals surface area contributed by atoms with Crippen molar-refractivity contribution in [1.29, 1.82) is 0 Å². The van der Waals surface area contributed by atoms with Crippen LogP contribution in [-0.2, 0) is 15.7 Å². The molecule has 2 aromatic rings. The van der Waals surface area contributed by atoms with Crippen molar-refractivity contribution in [2.75, 3.05) is 38.3 Å². The summed E-state index contributed by atoms with van der Waals surface area (Å²) >= 11 is 0. The van der Waals surface area contributed by atoms with Crippen molar-refractivity contribution in [2.24, 2.45) is 5.92 Å². The summed E-state index contributed by atoms with van der Waals surface area (Å²) in [5.74, 6) is 0.0352. The summed E-state index contributed by atoms with van der Waals surface area (Å²) in [4.78, 5) is 14.2. The maximum Gasteiger partial charge on any atom is 0.417 e. The van der Waals surface area contributed by atoms with Gasteiger partial charge in [0.2, 0.25) is 11.9 Å². The number of fused-ring (bicyclic) bond motifs is 1. The van der Waals surface area contributed by atoms with Crippen LogP contribution in [0.5, 0.6) is 0 Å². The molecule has 0 saturated carbocycles. The van der Waals surface area contributed by atoms with Crippen LogP contribution in [0.1, 0.15) is 24.8 Å². The first-order valence-corrected chi connectivity index (χ1v) is 8.83. The Bertz CT molecular complexity index is 792. The second-order valence-corrected chi connectivity index (χ2v) is 6.57. The van der Waals surface area contributed by atoms with E-state index in [1.165, 1.54) is 10.5 Å². The van der Waals surface area contributed by atoms with Gasteiger partial charge in [-0.3, -0.25) is 9.20 Å². The molecule has 1 atom stereocenters. The summed E-state index contributed by atoms with van der Waals surface area (Å²) in [7, 11) is 1.61. The fourth-order valence-electron chi connectivity index (χ4n) is 3.21. The number of hydrogen-bond donors (Lipinski definition) is 1. The van der Waals surface area contributed by atoms with E-state index in [4.69, 9.17) is 4.74 Å². The van der Waals surface area contributed by atoms with Crippen molar-refractivity contribution in [2.45, 2.75) is 25.4 Å². The summed E-state index contributed by atoms with van der Waals surface area (Å²) in [5, 5.41) is 10.9. The number of halogens is 3.